The van der Waals surface area contributed by atoms with E-state index in [0.29, 0.717) is 13.2 Å². The number of likely N-dealkylation sites (N-methyl/N-ethyl adjacent to an activating group) is 1. The lowest BCUT2D eigenvalue weighted by Gasteiger charge is -2.33. The number of carbonyl (C=O) groups is 2. The van der Waals surface area contributed by atoms with Gasteiger partial charge in [0, 0.05) is 19.7 Å². The van der Waals surface area contributed by atoms with Crippen LogP contribution < -0.4 is 11.1 Å². The molecule has 1 unspecified atom stereocenters. The zero-order chi connectivity index (χ0) is 13.1. The third kappa shape index (κ3) is 2.28. The predicted molar refractivity (Wildman–Crippen MR) is 62.7 cm³/mol. The van der Waals surface area contributed by atoms with Crippen LogP contribution in [0.15, 0.2) is 6.07 Å². The lowest BCUT2D eigenvalue weighted by atomic mass is 10.2. The van der Waals surface area contributed by atoms with E-state index < -0.39 is 6.04 Å². The van der Waals surface area contributed by atoms with Crippen molar-refractivity contribution in [2.24, 2.45) is 0 Å². The summed E-state index contributed by atoms with van der Waals surface area (Å²) in [4.78, 5) is 25.3. The topological polar surface area (TPSA) is 113 Å². The van der Waals surface area contributed by atoms with Gasteiger partial charge in [0.25, 0.3) is 5.91 Å². The molecule has 0 aromatic carbocycles. The number of nitrogens with two attached hydrogens (primary N) is 1. The minimum Gasteiger partial charge on any atom is -0.382 e. The molecule has 2 amide bonds. The molecule has 1 fully saturated rings. The zero-order valence-electron chi connectivity index (χ0n) is 9.97. The van der Waals surface area contributed by atoms with Crippen molar-refractivity contribution < 1.29 is 14.3 Å². The summed E-state index contributed by atoms with van der Waals surface area (Å²) < 4.78 is 5.22. The molecule has 1 atom stereocenters. The number of aromatic nitrogens is 2. The Labute approximate surface area is 103 Å². The van der Waals surface area contributed by atoms with E-state index in [1.807, 2.05) is 0 Å². The summed E-state index contributed by atoms with van der Waals surface area (Å²) in [7, 11) is 1.52. The van der Waals surface area contributed by atoms with Gasteiger partial charge in [-0.1, -0.05) is 0 Å². The van der Waals surface area contributed by atoms with Gasteiger partial charge in [-0.15, -0.1) is 0 Å². The fourth-order valence-corrected chi connectivity index (χ4v) is 1.83. The van der Waals surface area contributed by atoms with E-state index in [0.717, 1.165) is 0 Å². The Kier molecular flexibility index (Phi) is 3.47. The Balaban J connectivity index is 2.18. The Morgan fingerprint density at radius 3 is 3.06 bits per heavy atom. The molecule has 2 rings (SSSR count). The van der Waals surface area contributed by atoms with Crippen LogP contribution in [0.3, 0.4) is 0 Å². The summed E-state index contributed by atoms with van der Waals surface area (Å²) in [6.07, 6.45) is 0. The number of carbonyl (C=O) groups excluding carboxylic acids is 2. The van der Waals surface area contributed by atoms with Crippen LogP contribution in [0.25, 0.3) is 0 Å². The summed E-state index contributed by atoms with van der Waals surface area (Å²) in [6, 6.07) is 0.819. The van der Waals surface area contributed by atoms with Crippen molar-refractivity contribution in [1.82, 2.24) is 20.4 Å². The number of hydrogen-bond donors (Lipinski definition) is 3. The lowest BCUT2D eigenvalue weighted by Crippen LogP contribution is -2.55. The molecule has 0 saturated carbocycles. The standard InChI is InChI=1S/C10H15N5O3/c1-12-9(16)7-5-18-3-2-15(7)10(17)6-4-8(11)14-13-6/h4,7H,2-3,5H2,1H3,(H,12,16)(H3,11,13,14). The first-order valence-electron chi connectivity index (χ1n) is 5.54. The van der Waals surface area contributed by atoms with Gasteiger partial charge in [-0.05, 0) is 0 Å². The van der Waals surface area contributed by atoms with Gasteiger partial charge in [0.15, 0.2) is 0 Å². The zero-order valence-corrected chi connectivity index (χ0v) is 9.97. The van der Waals surface area contributed by atoms with E-state index >= 15 is 0 Å². The summed E-state index contributed by atoms with van der Waals surface area (Å²) >= 11 is 0. The molecular weight excluding hydrogens is 238 g/mol. The van der Waals surface area contributed by atoms with Crippen molar-refractivity contribution >= 4 is 17.6 Å². The van der Waals surface area contributed by atoms with Crippen molar-refractivity contribution in [2.45, 2.75) is 6.04 Å². The number of nitrogens with zero attached hydrogens (tertiary/aromatic N) is 2. The van der Waals surface area contributed by atoms with E-state index in [1.54, 1.807) is 0 Å². The van der Waals surface area contributed by atoms with Crippen LogP contribution in [0, 0.1) is 0 Å². The number of ether oxygens (including phenoxy) is 1. The number of hydrogen-bond acceptors (Lipinski definition) is 5. The molecule has 1 aliphatic rings. The molecule has 1 saturated heterocycles. The second-order valence-electron chi connectivity index (χ2n) is 3.91. The van der Waals surface area contributed by atoms with Crippen molar-refractivity contribution in [3.05, 3.63) is 11.8 Å². The number of morpholine rings is 1. The molecule has 1 aromatic heterocycles. The van der Waals surface area contributed by atoms with Crippen LogP contribution in [0.2, 0.25) is 0 Å². The van der Waals surface area contributed by atoms with Gasteiger partial charge < -0.3 is 20.7 Å². The maximum Gasteiger partial charge on any atom is 0.272 e. The minimum absolute atomic E-state index is 0.190. The van der Waals surface area contributed by atoms with Crippen LogP contribution in [0.5, 0.6) is 0 Å². The molecule has 8 nitrogen and oxygen atoms in total. The monoisotopic (exact) mass is 253 g/mol. The summed E-state index contributed by atoms with van der Waals surface area (Å²) in [5, 5.41) is 8.75. The highest BCUT2D eigenvalue weighted by Crippen LogP contribution is 2.12. The van der Waals surface area contributed by atoms with Gasteiger partial charge in [0.1, 0.15) is 17.6 Å². The Morgan fingerprint density at radius 1 is 1.67 bits per heavy atom. The van der Waals surface area contributed by atoms with E-state index in [1.165, 1.54) is 18.0 Å². The second-order valence-corrected chi connectivity index (χ2v) is 3.91. The molecule has 0 bridgehead atoms. The number of amides is 2. The highest BCUT2D eigenvalue weighted by molar-refractivity contribution is 5.96. The number of rotatable bonds is 2. The quantitative estimate of drug-likeness (QED) is 0.598. The molecule has 8 heteroatoms. The predicted octanol–water partition coefficient (Wildman–Crippen LogP) is -1.42. The Morgan fingerprint density at radius 2 is 2.44 bits per heavy atom. The maximum atomic E-state index is 12.2. The third-order valence-corrected chi connectivity index (χ3v) is 2.77. The van der Waals surface area contributed by atoms with Crippen LogP contribution >= 0.6 is 0 Å². The largest absolute Gasteiger partial charge is 0.382 e. The third-order valence-electron chi connectivity index (χ3n) is 2.77. The fourth-order valence-electron chi connectivity index (χ4n) is 1.83. The molecule has 1 aliphatic heterocycles. The van der Waals surface area contributed by atoms with E-state index in [9.17, 15) is 9.59 Å². The van der Waals surface area contributed by atoms with Gasteiger partial charge in [0.05, 0.1) is 13.2 Å². The summed E-state index contributed by atoms with van der Waals surface area (Å²) in [5.74, 6) is -0.324. The van der Waals surface area contributed by atoms with Crippen LogP contribution in [0.1, 0.15) is 10.5 Å². The number of H-pyrrole nitrogens is 1. The lowest BCUT2D eigenvalue weighted by molar-refractivity contribution is -0.130. The van der Waals surface area contributed by atoms with Crippen LogP contribution in [-0.2, 0) is 9.53 Å². The number of aromatic amines is 1. The highest BCUT2D eigenvalue weighted by atomic mass is 16.5. The first-order valence-corrected chi connectivity index (χ1v) is 5.54. The van der Waals surface area contributed by atoms with Gasteiger partial charge in [-0.2, -0.15) is 5.10 Å². The number of nitrogen functional groups attached to an aromatic ring is 1. The SMILES string of the molecule is CNC(=O)C1COCCN1C(=O)c1cc(N)n[nH]1. The van der Waals surface area contributed by atoms with Crippen molar-refractivity contribution in [3.8, 4) is 0 Å². The van der Waals surface area contributed by atoms with Crippen LogP contribution in [0.4, 0.5) is 5.82 Å². The maximum absolute atomic E-state index is 12.2. The van der Waals surface area contributed by atoms with Gasteiger partial charge in [0.2, 0.25) is 5.91 Å². The van der Waals surface area contributed by atoms with Crippen molar-refractivity contribution in [3.63, 3.8) is 0 Å². The molecular formula is C10H15N5O3. The molecule has 0 radical (unpaired) electrons. The van der Waals surface area contributed by atoms with E-state index in [4.69, 9.17) is 10.5 Å². The Hall–Kier alpha value is -2.09. The van der Waals surface area contributed by atoms with E-state index in [2.05, 4.69) is 15.5 Å². The molecule has 18 heavy (non-hydrogen) atoms. The smallest absolute Gasteiger partial charge is 0.272 e. The van der Waals surface area contributed by atoms with Gasteiger partial charge in [-0.3, -0.25) is 14.7 Å². The first kappa shape index (κ1) is 12.4. The summed E-state index contributed by atoms with van der Waals surface area (Å²) in [5.41, 5.74) is 5.72. The second kappa shape index (κ2) is 5.05. The molecule has 2 heterocycles. The van der Waals surface area contributed by atoms with E-state index in [-0.39, 0.29) is 29.9 Å². The molecule has 1 aromatic rings. The molecule has 0 aliphatic carbocycles. The number of anilines is 1. The minimum atomic E-state index is -0.624. The van der Waals surface area contributed by atoms with Crippen molar-refractivity contribution in [1.29, 1.82) is 0 Å². The van der Waals surface area contributed by atoms with Crippen molar-refractivity contribution in [2.75, 3.05) is 32.5 Å². The average molecular weight is 253 g/mol. The Bertz CT molecular complexity index is 458. The van der Waals surface area contributed by atoms with Gasteiger partial charge in [-0.25, -0.2) is 0 Å². The van der Waals surface area contributed by atoms with Crippen LogP contribution in [-0.4, -0.2) is 59.8 Å². The first-order chi connectivity index (χ1) is 8.63. The number of nitrogens with one attached hydrogen (secondary N) is 2. The fraction of sp³-hybridized carbons (Fsp3) is 0.500. The molecule has 4 N–H and O–H groups in total. The normalized spacial score (nSPS) is 19.6. The summed E-state index contributed by atoms with van der Waals surface area (Å²) in [6.45, 7) is 0.952. The van der Waals surface area contributed by atoms with Gasteiger partial charge >= 0.3 is 0 Å². The molecule has 98 valence electrons. The average Bonchev–Trinajstić information content (AvgIpc) is 2.83. The highest BCUT2D eigenvalue weighted by Gasteiger charge is 2.33. The molecule has 0 spiro atoms.